The van der Waals surface area contributed by atoms with Gasteiger partial charge in [0.15, 0.2) is 0 Å². The summed E-state index contributed by atoms with van der Waals surface area (Å²) in [5.41, 5.74) is 0. The summed E-state index contributed by atoms with van der Waals surface area (Å²) in [6.07, 6.45) is 52.5. The molecule has 0 rings (SSSR count). The van der Waals surface area contributed by atoms with Crippen molar-refractivity contribution < 1.29 is 20.1 Å². The Morgan fingerprint density at radius 1 is 0.389 bits per heavy atom. The molecule has 0 fully saturated rings. The predicted molar refractivity (Wildman–Crippen MR) is 236 cm³/mol. The van der Waals surface area contributed by atoms with Gasteiger partial charge in [-0.2, -0.15) is 0 Å². The van der Waals surface area contributed by atoms with Crippen molar-refractivity contribution >= 4 is 5.91 Å². The normalized spacial score (nSPS) is 13.4. The lowest BCUT2D eigenvalue weighted by Crippen LogP contribution is -2.50. The lowest BCUT2D eigenvalue weighted by atomic mass is 9.99. The molecule has 3 atom stereocenters. The van der Waals surface area contributed by atoms with E-state index in [0.29, 0.717) is 12.8 Å². The number of rotatable bonds is 46. The first kappa shape index (κ1) is 53.4. The van der Waals surface area contributed by atoms with Gasteiger partial charge in [0.2, 0.25) is 5.91 Å². The summed E-state index contributed by atoms with van der Waals surface area (Å²) < 4.78 is 0. The van der Waals surface area contributed by atoms with E-state index in [1.54, 1.807) is 0 Å². The first-order valence-corrected chi connectivity index (χ1v) is 24.8. The van der Waals surface area contributed by atoms with Crippen molar-refractivity contribution in [2.75, 3.05) is 6.61 Å². The van der Waals surface area contributed by atoms with Crippen LogP contribution in [0.15, 0.2) is 0 Å². The van der Waals surface area contributed by atoms with Crippen molar-refractivity contribution in [2.24, 2.45) is 0 Å². The molecule has 5 nitrogen and oxygen atoms in total. The Balaban J connectivity index is 3.43. The Kier molecular flexibility index (Phi) is 44.5. The van der Waals surface area contributed by atoms with Crippen LogP contribution in [-0.4, -0.2) is 46.1 Å². The highest BCUT2D eigenvalue weighted by Crippen LogP contribution is 2.18. The van der Waals surface area contributed by atoms with E-state index in [0.717, 1.165) is 38.5 Å². The van der Waals surface area contributed by atoms with Crippen LogP contribution in [0.2, 0.25) is 0 Å². The van der Waals surface area contributed by atoms with Crippen LogP contribution in [0, 0.1) is 0 Å². The van der Waals surface area contributed by atoms with Gasteiger partial charge in [-0.1, -0.05) is 264 Å². The first-order chi connectivity index (χ1) is 26.6. The van der Waals surface area contributed by atoms with Crippen molar-refractivity contribution in [1.29, 1.82) is 0 Å². The van der Waals surface area contributed by atoms with Gasteiger partial charge in [-0.05, 0) is 12.8 Å². The van der Waals surface area contributed by atoms with Crippen LogP contribution in [-0.2, 0) is 4.79 Å². The fourth-order valence-electron chi connectivity index (χ4n) is 8.11. The molecule has 5 heteroatoms. The molecule has 0 radical (unpaired) electrons. The molecule has 3 unspecified atom stereocenters. The van der Waals surface area contributed by atoms with Gasteiger partial charge < -0.3 is 20.6 Å². The molecule has 0 spiro atoms. The van der Waals surface area contributed by atoms with Gasteiger partial charge in [0.1, 0.15) is 6.10 Å². The molecule has 0 saturated carbocycles. The monoisotopic (exact) mass is 766 g/mol. The number of carbonyl (C=O) groups excluding carboxylic acids is 1. The summed E-state index contributed by atoms with van der Waals surface area (Å²) in [5, 5.41) is 33.5. The van der Waals surface area contributed by atoms with E-state index in [2.05, 4.69) is 19.2 Å². The molecule has 54 heavy (non-hydrogen) atoms. The number of unbranched alkanes of at least 4 members (excludes halogenated alkanes) is 38. The fraction of sp³-hybridized carbons (Fsp3) is 0.980. The average molecular weight is 766 g/mol. The minimum atomic E-state index is -1.13. The third-order valence-corrected chi connectivity index (χ3v) is 12.0. The average Bonchev–Trinajstić information content (AvgIpc) is 3.18. The van der Waals surface area contributed by atoms with E-state index in [4.69, 9.17) is 0 Å². The highest BCUT2D eigenvalue weighted by molar-refractivity contribution is 5.76. The SMILES string of the molecule is CCCCCCCCCCCCCCCCCCCCCCCCCCCCCCCCC(=O)NC(CO)C(O)C(O)CCCCCCCCCCCC. The quantitative estimate of drug-likeness (QED) is 0.0465. The van der Waals surface area contributed by atoms with E-state index in [1.807, 2.05) is 0 Å². The van der Waals surface area contributed by atoms with Gasteiger partial charge in [0.25, 0.3) is 0 Å². The molecular formula is C49H99NO4. The third kappa shape index (κ3) is 39.6. The number of hydrogen-bond donors (Lipinski definition) is 4. The second-order valence-electron chi connectivity index (χ2n) is 17.4. The zero-order chi connectivity index (χ0) is 39.4. The Labute approximate surface area is 338 Å². The van der Waals surface area contributed by atoms with Crippen LogP contribution in [0.3, 0.4) is 0 Å². The number of hydrogen-bond acceptors (Lipinski definition) is 4. The fourth-order valence-corrected chi connectivity index (χ4v) is 8.11. The Hall–Kier alpha value is -0.650. The van der Waals surface area contributed by atoms with E-state index in [9.17, 15) is 20.1 Å². The molecule has 4 N–H and O–H groups in total. The summed E-state index contributed by atoms with van der Waals surface area (Å²) in [6, 6.07) is -0.802. The molecule has 0 bridgehead atoms. The summed E-state index contributed by atoms with van der Waals surface area (Å²) in [4.78, 5) is 12.4. The molecule has 0 aromatic rings. The van der Waals surface area contributed by atoms with E-state index >= 15 is 0 Å². The molecule has 1 amide bonds. The summed E-state index contributed by atoms with van der Waals surface area (Å²) in [7, 11) is 0. The number of aliphatic hydroxyl groups is 3. The molecule has 0 aromatic carbocycles. The zero-order valence-corrected chi connectivity index (χ0v) is 36.9. The van der Waals surface area contributed by atoms with Gasteiger partial charge in [0, 0.05) is 6.42 Å². The lowest BCUT2D eigenvalue weighted by molar-refractivity contribution is -0.124. The zero-order valence-electron chi connectivity index (χ0n) is 36.9. The van der Waals surface area contributed by atoms with E-state index < -0.39 is 18.2 Å². The van der Waals surface area contributed by atoms with Crippen molar-refractivity contribution in [3.8, 4) is 0 Å². The molecule has 0 aliphatic carbocycles. The Morgan fingerprint density at radius 2 is 0.630 bits per heavy atom. The van der Waals surface area contributed by atoms with Crippen LogP contribution in [0.5, 0.6) is 0 Å². The molecular weight excluding hydrogens is 667 g/mol. The highest BCUT2D eigenvalue weighted by atomic mass is 16.3. The van der Waals surface area contributed by atoms with Gasteiger partial charge in [0.05, 0.1) is 18.8 Å². The van der Waals surface area contributed by atoms with Crippen LogP contribution < -0.4 is 5.32 Å². The van der Waals surface area contributed by atoms with Crippen LogP contribution in [0.25, 0.3) is 0 Å². The largest absolute Gasteiger partial charge is 0.394 e. The van der Waals surface area contributed by atoms with Gasteiger partial charge in [-0.25, -0.2) is 0 Å². The third-order valence-electron chi connectivity index (χ3n) is 12.0. The summed E-state index contributed by atoms with van der Waals surface area (Å²) in [6.45, 7) is 4.18. The second kappa shape index (κ2) is 45.1. The van der Waals surface area contributed by atoms with Crippen LogP contribution in [0.4, 0.5) is 0 Å². The molecule has 0 aliphatic heterocycles. The van der Waals surface area contributed by atoms with Crippen LogP contribution >= 0.6 is 0 Å². The minimum absolute atomic E-state index is 0.139. The topological polar surface area (TPSA) is 89.8 Å². The smallest absolute Gasteiger partial charge is 0.220 e. The standard InChI is InChI=1S/C49H99NO4/c1-3-5-7-9-11-13-15-16-17-18-19-20-21-22-23-24-25-26-27-28-29-30-31-32-33-34-36-38-40-42-44-48(53)50-46(45-51)49(54)47(52)43-41-39-37-35-14-12-10-8-6-4-2/h46-47,49,51-52,54H,3-45H2,1-2H3,(H,50,53). The summed E-state index contributed by atoms with van der Waals surface area (Å²) >= 11 is 0. The van der Waals surface area contributed by atoms with Crippen molar-refractivity contribution in [2.45, 2.75) is 302 Å². The van der Waals surface area contributed by atoms with Crippen molar-refractivity contribution in [1.82, 2.24) is 5.32 Å². The highest BCUT2D eigenvalue weighted by Gasteiger charge is 2.26. The number of nitrogens with one attached hydrogen (secondary N) is 1. The Morgan fingerprint density at radius 3 is 0.889 bits per heavy atom. The molecule has 324 valence electrons. The number of amides is 1. The number of carbonyl (C=O) groups is 1. The molecule has 0 heterocycles. The number of aliphatic hydroxyl groups excluding tert-OH is 3. The first-order valence-electron chi connectivity index (χ1n) is 24.8. The van der Waals surface area contributed by atoms with Gasteiger partial charge in [-0.15, -0.1) is 0 Å². The molecule has 0 aliphatic rings. The second-order valence-corrected chi connectivity index (χ2v) is 17.4. The van der Waals surface area contributed by atoms with E-state index in [1.165, 1.54) is 218 Å². The Bertz CT molecular complexity index is 718. The maximum absolute atomic E-state index is 12.4. The van der Waals surface area contributed by atoms with E-state index in [-0.39, 0.29) is 12.5 Å². The minimum Gasteiger partial charge on any atom is -0.394 e. The van der Waals surface area contributed by atoms with Crippen LogP contribution in [0.1, 0.15) is 284 Å². The predicted octanol–water partition coefficient (Wildman–Crippen LogP) is 14.6. The molecule has 0 saturated heterocycles. The summed E-state index contributed by atoms with van der Waals surface area (Å²) in [5.74, 6) is -0.139. The van der Waals surface area contributed by atoms with Crippen molar-refractivity contribution in [3.05, 3.63) is 0 Å². The lowest BCUT2D eigenvalue weighted by Gasteiger charge is -2.26. The maximum Gasteiger partial charge on any atom is 0.220 e. The molecule has 0 aromatic heterocycles. The van der Waals surface area contributed by atoms with Crippen molar-refractivity contribution in [3.63, 3.8) is 0 Å². The van der Waals surface area contributed by atoms with Gasteiger partial charge >= 0.3 is 0 Å². The maximum atomic E-state index is 12.4. The van der Waals surface area contributed by atoms with Gasteiger partial charge in [-0.3, -0.25) is 4.79 Å².